The molecular weight excluding hydrogens is 849 g/mol. The summed E-state index contributed by atoms with van der Waals surface area (Å²) < 4.78 is 2.67. The third-order valence-corrected chi connectivity index (χ3v) is 16.1. The standard InChI is InChI=1S/C68H40S/c1-2-16-41(17-3-1)57-37-60-48-21-7-5-19-46(48)58(38-61(60)47-20-6-4-18-45(47)57)42-30-32-43(33-31-42)67-53-25-10-12-27-55(53)68(56-28-13-11-26-54(56)67)44-34-35-51-59(36-44)49-22-8-9-23-50(49)63-40-66-64(39-62(51)63)52-24-14-15-29-65(52)69-66/h1-40H. The van der Waals surface area contributed by atoms with Crippen LogP contribution < -0.4 is 0 Å². The predicted octanol–water partition coefficient (Wildman–Crippen LogP) is 19.9. The highest BCUT2D eigenvalue weighted by atomic mass is 32.1. The zero-order valence-electron chi connectivity index (χ0n) is 37.5. The Morgan fingerprint density at radius 1 is 0.174 bits per heavy atom. The van der Waals surface area contributed by atoms with Gasteiger partial charge in [-0.1, -0.05) is 206 Å². The Bertz CT molecular complexity index is 4580. The molecular formula is C68H40S. The highest BCUT2D eigenvalue weighted by molar-refractivity contribution is 7.25. The minimum Gasteiger partial charge on any atom is -0.135 e. The van der Waals surface area contributed by atoms with Gasteiger partial charge in [-0.15, -0.1) is 11.3 Å². The first kappa shape index (κ1) is 38.5. The second kappa shape index (κ2) is 14.9. The molecule has 1 aromatic heterocycles. The molecule has 0 aliphatic rings. The van der Waals surface area contributed by atoms with E-state index < -0.39 is 0 Å². The summed E-state index contributed by atoms with van der Waals surface area (Å²) in [5.74, 6) is 0. The largest absolute Gasteiger partial charge is 0.135 e. The molecule has 0 aliphatic carbocycles. The van der Waals surface area contributed by atoms with E-state index in [0.717, 1.165) is 0 Å². The van der Waals surface area contributed by atoms with Crippen molar-refractivity contribution in [3.63, 3.8) is 0 Å². The molecule has 1 heteroatoms. The first-order valence-corrected chi connectivity index (χ1v) is 24.7. The van der Waals surface area contributed by atoms with Gasteiger partial charge in [-0.3, -0.25) is 0 Å². The van der Waals surface area contributed by atoms with Crippen LogP contribution in [-0.4, -0.2) is 0 Å². The summed E-state index contributed by atoms with van der Waals surface area (Å²) in [6.07, 6.45) is 0. The van der Waals surface area contributed by atoms with E-state index in [1.807, 2.05) is 11.3 Å². The summed E-state index contributed by atoms with van der Waals surface area (Å²) in [4.78, 5) is 0. The predicted molar refractivity (Wildman–Crippen MR) is 301 cm³/mol. The maximum atomic E-state index is 2.47. The van der Waals surface area contributed by atoms with Gasteiger partial charge in [0.05, 0.1) is 0 Å². The monoisotopic (exact) mass is 888 g/mol. The average Bonchev–Trinajstić information content (AvgIpc) is 3.79. The summed E-state index contributed by atoms with van der Waals surface area (Å²) >= 11 is 1.89. The van der Waals surface area contributed by atoms with Crippen molar-refractivity contribution in [3.05, 3.63) is 243 Å². The highest BCUT2D eigenvalue weighted by Gasteiger charge is 2.20. The van der Waals surface area contributed by atoms with Crippen molar-refractivity contribution in [3.8, 4) is 44.5 Å². The number of thiophene rings is 1. The molecule has 0 aliphatic heterocycles. The number of fused-ring (bicyclic) bond motifs is 16. The Morgan fingerprint density at radius 3 is 1.10 bits per heavy atom. The van der Waals surface area contributed by atoms with Crippen LogP contribution in [0.3, 0.4) is 0 Å². The van der Waals surface area contributed by atoms with Crippen molar-refractivity contribution >= 4 is 118 Å². The fourth-order valence-corrected chi connectivity index (χ4v) is 13.1. The molecule has 0 bridgehead atoms. The van der Waals surface area contributed by atoms with E-state index >= 15 is 0 Å². The molecule has 0 saturated carbocycles. The van der Waals surface area contributed by atoms with Gasteiger partial charge in [0, 0.05) is 20.2 Å². The molecule has 15 rings (SSSR count). The number of rotatable bonds is 4. The molecule has 0 fully saturated rings. The van der Waals surface area contributed by atoms with Crippen molar-refractivity contribution in [1.29, 1.82) is 0 Å². The SMILES string of the molecule is c1ccc(-c2cc3c4ccccc4c(-c4ccc(-c5c6ccccc6c(-c6ccc7c(c6)c6ccccc6c6cc8sc9ccccc9c8cc76)c6ccccc56)cc4)cc3c3ccccc23)cc1. The van der Waals surface area contributed by atoms with Crippen molar-refractivity contribution in [1.82, 2.24) is 0 Å². The van der Waals surface area contributed by atoms with Crippen LogP contribution in [0.25, 0.3) is 151 Å². The van der Waals surface area contributed by atoms with Crippen molar-refractivity contribution in [2.24, 2.45) is 0 Å². The molecule has 0 spiro atoms. The quantitative estimate of drug-likeness (QED) is 0.122. The lowest BCUT2D eigenvalue weighted by Crippen LogP contribution is -1.92. The number of benzene rings is 14. The third-order valence-electron chi connectivity index (χ3n) is 15.0. The van der Waals surface area contributed by atoms with Gasteiger partial charge >= 0.3 is 0 Å². The Balaban J connectivity index is 0.911. The Morgan fingerprint density at radius 2 is 0.536 bits per heavy atom. The number of hydrogen-bond donors (Lipinski definition) is 0. The fourth-order valence-electron chi connectivity index (χ4n) is 11.9. The maximum absolute atomic E-state index is 2.47. The molecule has 0 nitrogen and oxygen atoms in total. The molecule has 0 saturated heterocycles. The van der Waals surface area contributed by atoms with Crippen LogP contribution in [0.1, 0.15) is 0 Å². The summed E-state index contributed by atoms with van der Waals surface area (Å²) in [6, 6.07) is 90.9. The lowest BCUT2D eigenvalue weighted by Gasteiger charge is -2.19. The van der Waals surface area contributed by atoms with Gasteiger partial charge in [0.15, 0.2) is 0 Å². The van der Waals surface area contributed by atoms with Crippen LogP contribution in [0.5, 0.6) is 0 Å². The van der Waals surface area contributed by atoms with Gasteiger partial charge < -0.3 is 0 Å². The second-order valence-electron chi connectivity index (χ2n) is 18.6. The van der Waals surface area contributed by atoms with E-state index in [4.69, 9.17) is 0 Å². The van der Waals surface area contributed by atoms with Crippen molar-refractivity contribution in [2.45, 2.75) is 0 Å². The van der Waals surface area contributed by atoms with Crippen molar-refractivity contribution < 1.29 is 0 Å². The summed E-state index contributed by atoms with van der Waals surface area (Å²) in [6.45, 7) is 0. The first-order valence-electron chi connectivity index (χ1n) is 23.9. The second-order valence-corrected chi connectivity index (χ2v) is 19.7. The molecule has 14 aromatic carbocycles. The normalized spacial score (nSPS) is 12.1. The molecule has 0 amide bonds. The summed E-state index contributed by atoms with van der Waals surface area (Å²) in [7, 11) is 0. The van der Waals surface area contributed by atoms with E-state index in [9.17, 15) is 0 Å². The van der Waals surface area contributed by atoms with Crippen LogP contribution in [0.2, 0.25) is 0 Å². The Hall–Kier alpha value is -8.62. The lowest BCUT2D eigenvalue weighted by molar-refractivity contribution is 1.64. The Kier molecular flexibility index (Phi) is 8.33. The molecule has 15 aromatic rings. The topological polar surface area (TPSA) is 0 Å². The lowest BCUT2D eigenvalue weighted by atomic mass is 9.84. The van der Waals surface area contributed by atoms with Crippen LogP contribution in [0.15, 0.2) is 243 Å². The molecule has 0 unspecified atom stereocenters. The van der Waals surface area contributed by atoms with Gasteiger partial charge in [-0.25, -0.2) is 0 Å². The maximum Gasteiger partial charge on any atom is 0.0362 e. The molecule has 0 N–H and O–H groups in total. The van der Waals surface area contributed by atoms with E-state index in [-0.39, 0.29) is 0 Å². The van der Waals surface area contributed by atoms with Gasteiger partial charge in [-0.05, 0) is 167 Å². The van der Waals surface area contributed by atoms with Crippen LogP contribution in [-0.2, 0) is 0 Å². The van der Waals surface area contributed by atoms with E-state index in [1.165, 1.54) is 151 Å². The van der Waals surface area contributed by atoms with Crippen LogP contribution in [0.4, 0.5) is 0 Å². The zero-order chi connectivity index (χ0) is 45.2. The minimum absolute atomic E-state index is 1.21. The first-order chi connectivity index (χ1) is 34.2. The van der Waals surface area contributed by atoms with E-state index in [0.29, 0.717) is 0 Å². The third kappa shape index (κ3) is 5.75. The zero-order valence-corrected chi connectivity index (χ0v) is 38.3. The summed E-state index contributed by atoms with van der Waals surface area (Å²) in [5.41, 5.74) is 9.95. The molecule has 0 radical (unpaired) electrons. The van der Waals surface area contributed by atoms with Crippen LogP contribution >= 0.6 is 11.3 Å². The van der Waals surface area contributed by atoms with Gasteiger partial charge in [0.25, 0.3) is 0 Å². The van der Waals surface area contributed by atoms with Crippen molar-refractivity contribution in [2.75, 3.05) is 0 Å². The van der Waals surface area contributed by atoms with Gasteiger partial charge in [-0.2, -0.15) is 0 Å². The molecule has 69 heavy (non-hydrogen) atoms. The van der Waals surface area contributed by atoms with Gasteiger partial charge in [0.2, 0.25) is 0 Å². The average molecular weight is 889 g/mol. The summed E-state index contributed by atoms with van der Waals surface area (Å²) in [5, 5.41) is 23.1. The minimum atomic E-state index is 1.21. The van der Waals surface area contributed by atoms with E-state index in [1.54, 1.807) is 0 Å². The molecule has 318 valence electrons. The molecule has 0 atom stereocenters. The highest BCUT2D eigenvalue weighted by Crippen LogP contribution is 2.48. The number of hydrogen-bond acceptors (Lipinski definition) is 1. The smallest absolute Gasteiger partial charge is 0.0362 e. The van der Waals surface area contributed by atoms with Gasteiger partial charge in [0.1, 0.15) is 0 Å². The molecule has 1 heterocycles. The van der Waals surface area contributed by atoms with E-state index in [2.05, 4.69) is 243 Å². The Labute approximate surface area is 402 Å². The fraction of sp³-hybridized carbons (Fsp3) is 0. The van der Waals surface area contributed by atoms with Crippen LogP contribution in [0, 0.1) is 0 Å².